The molecule has 4 N–H and O–H groups in total. The molecule has 0 radical (unpaired) electrons. The highest BCUT2D eigenvalue weighted by Gasteiger charge is 2.34. The van der Waals surface area contributed by atoms with Gasteiger partial charge in [-0.15, -0.1) is 0 Å². The van der Waals surface area contributed by atoms with Gasteiger partial charge in [0.05, 0.1) is 22.8 Å². The Hall–Kier alpha value is -4.26. The van der Waals surface area contributed by atoms with Crippen molar-refractivity contribution in [2.24, 2.45) is 5.73 Å². The molecule has 0 spiro atoms. The molecule has 3 aliphatic rings. The van der Waals surface area contributed by atoms with Gasteiger partial charge in [0.25, 0.3) is 0 Å². The minimum absolute atomic E-state index is 0.195. The molecule has 2 aliphatic heterocycles. The van der Waals surface area contributed by atoms with Gasteiger partial charge >= 0.3 is 0 Å². The molecular formula is C35H34N6. The lowest BCUT2D eigenvalue weighted by atomic mass is 9.72. The number of pyridine rings is 1. The second-order valence-electron chi connectivity index (χ2n) is 11.7. The number of piperidine rings is 1. The topological polar surface area (TPSA) is 80.8 Å². The number of benzene rings is 3. The van der Waals surface area contributed by atoms with Crippen LogP contribution in [0.5, 0.6) is 0 Å². The Morgan fingerprint density at radius 3 is 2.34 bits per heavy atom. The molecule has 8 rings (SSSR count). The van der Waals surface area contributed by atoms with Gasteiger partial charge in [-0.05, 0) is 86.5 Å². The Morgan fingerprint density at radius 2 is 1.59 bits per heavy atom. The quantitative estimate of drug-likeness (QED) is 0.222. The van der Waals surface area contributed by atoms with Gasteiger partial charge in [-0.3, -0.25) is 4.57 Å². The molecule has 5 aromatic rings. The number of imidazole rings is 1. The van der Waals surface area contributed by atoms with Gasteiger partial charge in [0.2, 0.25) is 0 Å². The first-order valence-electron chi connectivity index (χ1n) is 14.8. The highest BCUT2D eigenvalue weighted by Crippen LogP contribution is 2.45. The van der Waals surface area contributed by atoms with Gasteiger partial charge in [-0.1, -0.05) is 60.7 Å². The number of para-hydroxylation sites is 1. The van der Waals surface area contributed by atoms with Crippen molar-refractivity contribution in [1.29, 1.82) is 0 Å². The predicted molar refractivity (Wildman–Crippen MR) is 166 cm³/mol. The summed E-state index contributed by atoms with van der Waals surface area (Å²) < 4.78 is 2.29. The average Bonchev–Trinajstić information content (AvgIpc) is 3.35. The first-order valence-corrected chi connectivity index (χ1v) is 14.8. The smallest absolute Gasteiger partial charge is 0.154 e. The fourth-order valence-electron chi connectivity index (χ4n) is 6.77. The van der Waals surface area contributed by atoms with Crippen molar-refractivity contribution in [3.05, 3.63) is 102 Å². The summed E-state index contributed by atoms with van der Waals surface area (Å²) in [5, 5.41) is 7.05. The molecule has 1 aliphatic carbocycles. The summed E-state index contributed by atoms with van der Waals surface area (Å²) in [5.41, 5.74) is 16.4. The fourth-order valence-corrected chi connectivity index (χ4v) is 6.77. The number of nitrogens with two attached hydrogens (primary N) is 1. The molecule has 3 aromatic carbocycles. The Bertz CT molecular complexity index is 1720. The highest BCUT2D eigenvalue weighted by molar-refractivity contribution is 5.90. The molecular weight excluding hydrogens is 504 g/mol. The third-order valence-corrected chi connectivity index (χ3v) is 9.30. The molecule has 6 heteroatoms. The Morgan fingerprint density at radius 1 is 0.829 bits per heavy atom. The van der Waals surface area contributed by atoms with Crippen molar-refractivity contribution < 1.29 is 0 Å². The van der Waals surface area contributed by atoms with E-state index in [1.165, 1.54) is 30.4 Å². The summed E-state index contributed by atoms with van der Waals surface area (Å²) in [5.74, 6) is 2.34. The van der Waals surface area contributed by atoms with E-state index in [1.807, 2.05) is 12.3 Å². The van der Waals surface area contributed by atoms with Crippen LogP contribution in [-0.4, -0.2) is 27.6 Å². The van der Waals surface area contributed by atoms with Crippen molar-refractivity contribution in [3.63, 3.8) is 0 Å². The van der Waals surface area contributed by atoms with Gasteiger partial charge in [0.15, 0.2) is 5.82 Å². The number of hydrogen-bond acceptors (Lipinski definition) is 5. The van der Waals surface area contributed by atoms with Gasteiger partial charge in [0, 0.05) is 28.4 Å². The largest absolute Gasteiger partial charge is 0.338 e. The van der Waals surface area contributed by atoms with Gasteiger partial charge in [-0.2, -0.15) is 0 Å². The van der Waals surface area contributed by atoms with Crippen LogP contribution >= 0.6 is 0 Å². The van der Waals surface area contributed by atoms with Crippen molar-refractivity contribution in [2.75, 3.05) is 18.4 Å². The fraction of sp³-hybridized carbons (Fsp3) is 0.257. The molecule has 204 valence electrons. The van der Waals surface area contributed by atoms with Crippen LogP contribution in [0.4, 0.5) is 11.5 Å². The molecule has 0 unspecified atom stereocenters. The average molecular weight is 539 g/mol. The number of aromatic nitrogens is 3. The van der Waals surface area contributed by atoms with E-state index in [1.54, 1.807) is 0 Å². The van der Waals surface area contributed by atoms with E-state index < -0.39 is 0 Å². The predicted octanol–water partition coefficient (Wildman–Crippen LogP) is 7.13. The van der Waals surface area contributed by atoms with E-state index >= 15 is 0 Å². The highest BCUT2D eigenvalue weighted by atomic mass is 15.2. The van der Waals surface area contributed by atoms with Gasteiger partial charge in [-0.25, -0.2) is 9.97 Å². The summed E-state index contributed by atoms with van der Waals surface area (Å²) in [6.07, 6.45) is 7.50. The monoisotopic (exact) mass is 538 g/mol. The van der Waals surface area contributed by atoms with Crippen LogP contribution < -0.4 is 16.4 Å². The van der Waals surface area contributed by atoms with E-state index in [4.69, 9.17) is 15.7 Å². The normalized spacial score (nSPS) is 17.4. The van der Waals surface area contributed by atoms with Crippen LogP contribution in [-0.2, 0) is 5.54 Å². The molecule has 1 saturated heterocycles. The molecule has 0 bridgehead atoms. The minimum Gasteiger partial charge on any atom is -0.338 e. The van der Waals surface area contributed by atoms with E-state index in [2.05, 4.69) is 94.1 Å². The number of nitrogens with one attached hydrogen (secondary N) is 2. The first kappa shape index (κ1) is 24.5. The third-order valence-electron chi connectivity index (χ3n) is 9.30. The SMILES string of the molecule is NC1(c2ccc(-c3c(-c4ccc(C5CCNCC5)cc4)nc4n3-c3cccnc3Nc3ccccc3-4)cc2)CCC1. The molecule has 2 fully saturated rings. The molecule has 0 atom stereocenters. The van der Waals surface area contributed by atoms with Crippen LogP contribution in [0.2, 0.25) is 0 Å². The zero-order chi connectivity index (χ0) is 27.4. The van der Waals surface area contributed by atoms with Crippen molar-refractivity contribution in [1.82, 2.24) is 19.9 Å². The molecule has 2 aromatic heterocycles. The number of fused-ring (bicyclic) bond motifs is 5. The van der Waals surface area contributed by atoms with Crippen LogP contribution in [0.3, 0.4) is 0 Å². The summed E-state index contributed by atoms with van der Waals surface area (Å²) in [6, 6.07) is 30.5. The van der Waals surface area contributed by atoms with E-state index in [9.17, 15) is 0 Å². The lowest BCUT2D eigenvalue weighted by molar-refractivity contribution is 0.253. The Kier molecular flexibility index (Phi) is 5.79. The van der Waals surface area contributed by atoms with Crippen LogP contribution in [0.1, 0.15) is 49.1 Å². The van der Waals surface area contributed by atoms with E-state index in [0.29, 0.717) is 5.92 Å². The first-order chi connectivity index (χ1) is 20.2. The number of rotatable bonds is 4. The van der Waals surface area contributed by atoms with Crippen molar-refractivity contribution in [3.8, 4) is 39.6 Å². The number of anilines is 2. The van der Waals surface area contributed by atoms with Crippen LogP contribution in [0.15, 0.2) is 91.1 Å². The maximum atomic E-state index is 6.70. The third kappa shape index (κ3) is 4.09. The van der Waals surface area contributed by atoms with Gasteiger partial charge in [0.1, 0.15) is 5.82 Å². The summed E-state index contributed by atoms with van der Waals surface area (Å²) in [4.78, 5) is 10.1. The van der Waals surface area contributed by atoms with E-state index in [-0.39, 0.29) is 5.54 Å². The second kappa shape index (κ2) is 9.68. The minimum atomic E-state index is -0.195. The van der Waals surface area contributed by atoms with Crippen molar-refractivity contribution >= 4 is 11.5 Å². The maximum Gasteiger partial charge on any atom is 0.154 e. The number of nitrogens with zero attached hydrogens (tertiary/aromatic N) is 3. The maximum absolute atomic E-state index is 6.70. The molecule has 0 amide bonds. The molecule has 1 saturated carbocycles. The molecule has 4 heterocycles. The zero-order valence-electron chi connectivity index (χ0n) is 23.1. The summed E-state index contributed by atoms with van der Waals surface area (Å²) in [6.45, 7) is 2.18. The number of hydrogen-bond donors (Lipinski definition) is 3. The lowest BCUT2D eigenvalue weighted by Gasteiger charge is -2.38. The molecule has 41 heavy (non-hydrogen) atoms. The summed E-state index contributed by atoms with van der Waals surface area (Å²) >= 11 is 0. The summed E-state index contributed by atoms with van der Waals surface area (Å²) in [7, 11) is 0. The zero-order valence-corrected chi connectivity index (χ0v) is 23.1. The van der Waals surface area contributed by atoms with Gasteiger partial charge < -0.3 is 16.4 Å². The molecule has 6 nitrogen and oxygen atoms in total. The second-order valence-corrected chi connectivity index (χ2v) is 11.7. The Balaban J connectivity index is 1.34. The standard InChI is InChI=1S/C35H34N6/c36-35(18-4-19-35)27-14-12-26(13-15-27)32-31(25-10-8-23(9-11-25)24-16-21-37-22-17-24)40-34-28-5-1-2-6-29(28)39-33-30(41(32)34)7-3-20-38-33/h1-3,5-15,20,24,37H,4,16-19,21-22,36H2,(H,38,39). The van der Waals surface area contributed by atoms with Crippen LogP contribution in [0.25, 0.3) is 39.6 Å². The van der Waals surface area contributed by atoms with Crippen molar-refractivity contribution in [2.45, 2.75) is 43.6 Å². The van der Waals surface area contributed by atoms with E-state index in [0.717, 1.165) is 77.0 Å². The lowest BCUT2D eigenvalue weighted by Crippen LogP contribution is -2.43. The Labute approximate surface area is 240 Å². The van der Waals surface area contributed by atoms with Crippen LogP contribution in [0, 0.1) is 0 Å².